The lowest BCUT2D eigenvalue weighted by atomic mass is 9.77. The van der Waals surface area contributed by atoms with E-state index in [1.807, 2.05) is 46.8 Å². The zero-order valence-electron chi connectivity index (χ0n) is 13.7. The van der Waals surface area contributed by atoms with Gasteiger partial charge in [0.05, 0.1) is 23.3 Å². The van der Waals surface area contributed by atoms with Gasteiger partial charge in [0, 0.05) is 17.6 Å². The highest BCUT2D eigenvalue weighted by Gasteiger charge is 2.52. The Morgan fingerprint density at radius 3 is 2.45 bits per heavy atom. The van der Waals surface area contributed by atoms with Gasteiger partial charge in [-0.05, 0) is 46.1 Å². The van der Waals surface area contributed by atoms with Crippen LogP contribution in [-0.2, 0) is 9.31 Å². The molecule has 0 N–H and O–H groups in total. The van der Waals surface area contributed by atoms with Crippen LogP contribution in [0.3, 0.4) is 0 Å². The lowest BCUT2D eigenvalue weighted by Gasteiger charge is -2.32. The predicted molar refractivity (Wildman–Crippen MR) is 86.4 cm³/mol. The first-order valence-electron chi connectivity index (χ1n) is 7.56. The fourth-order valence-electron chi connectivity index (χ4n) is 2.50. The van der Waals surface area contributed by atoms with Crippen molar-refractivity contribution in [3.63, 3.8) is 0 Å². The summed E-state index contributed by atoms with van der Waals surface area (Å²) in [6.45, 7) is 10.7. The van der Waals surface area contributed by atoms with Gasteiger partial charge in [0.15, 0.2) is 0 Å². The fourth-order valence-corrected chi connectivity index (χ4v) is 2.50. The molecule has 0 atom stereocenters. The zero-order chi connectivity index (χ0) is 16.0. The van der Waals surface area contributed by atoms with Crippen molar-refractivity contribution < 1.29 is 14.0 Å². The standard InChI is InChI=1S/C16H21BN2O3/c1-6-20-11-7-13(12-9-18-10-19-14(12)8-11)17-21-15(2,3)16(4,5)22-17/h7-10H,6H2,1-5H3. The van der Waals surface area contributed by atoms with Crippen molar-refractivity contribution in [2.24, 2.45) is 0 Å². The molecule has 5 nitrogen and oxygen atoms in total. The maximum atomic E-state index is 6.16. The van der Waals surface area contributed by atoms with Gasteiger partial charge in [-0.3, -0.25) is 0 Å². The summed E-state index contributed by atoms with van der Waals surface area (Å²) in [4.78, 5) is 8.46. The van der Waals surface area contributed by atoms with Crippen LogP contribution in [-0.4, -0.2) is 34.9 Å². The van der Waals surface area contributed by atoms with Crippen LogP contribution >= 0.6 is 0 Å². The van der Waals surface area contributed by atoms with Gasteiger partial charge >= 0.3 is 7.12 Å². The molecule has 1 fully saturated rings. The molecule has 0 unspecified atom stereocenters. The number of hydrogen-bond acceptors (Lipinski definition) is 5. The monoisotopic (exact) mass is 300 g/mol. The van der Waals surface area contributed by atoms with E-state index in [-0.39, 0.29) is 11.2 Å². The minimum Gasteiger partial charge on any atom is -0.494 e. The van der Waals surface area contributed by atoms with Crippen LogP contribution in [0.15, 0.2) is 24.7 Å². The topological polar surface area (TPSA) is 53.5 Å². The number of rotatable bonds is 3. The molecule has 1 saturated heterocycles. The maximum Gasteiger partial charge on any atom is 0.495 e. The number of fused-ring (bicyclic) bond motifs is 1. The van der Waals surface area contributed by atoms with Gasteiger partial charge in [-0.25, -0.2) is 9.97 Å². The highest BCUT2D eigenvalue weighted by Crippen LogP contribution is 2.37. The van der Waals surface area contributed by atoms with Gasteiger partial charge < -0.3 is 14.0 Å². The van der Waals surface area contributed by atoms with Gasteiger partial charge in [-0.1, -0.05) is 0 Å². The third kappa shape index (κ3) is 2.46. The highest BCUT2D eigenvalue weighted by molar-refractivity contribution is 6.65. The van der Waals surface area contributed by atoms with Gasteiger partial charge in [0.2, 0.25) is 0 Å². The van der Waals surface area contributed by atoms with Gasteiger partial charge in [-0.2, -0.15) is 0 Å². The largest absolute Gasteiger partial charge is 0.495 e. The van der Waals surface area contributed by atoms with Gasteiger partial charge in [0.1, 0.15) is 12.1 Å². The minimum atomic E-state index is -0.459. The van der Waals surface area contributed by atoms with Crippen molar-refractivity contribution in [1.29, 1.82) is 0 Å². The molecule has 0 spiro atoms. The van der Waals surface area contributed by atoms with Crippen molar-refractivity contribution in [3.8, 4) is 5.75 Å². The summed E-state index contributed by atoms with van der Waals surface area (Å²) in [5.74, 6) is 0.762. The first-order valence-corrected chi connectivity index (χ1v) is 7.56. The molecule has 0 aliphatic carbocycles. The van der Waals surface area contributed by atoms with E-state index >= 15 is 0 Å². The number of hydrogen-bond donors (Lipinski definition) is 0. The molecule has 2 aromatic rings. The van der Waals surface area contributed by atoms with E-state index in [2.05, 4.69) is 9.97 Å². The van der Waals surface area contributed by atoms with Gasteiger partial charge in [0.25, 0.3) is 0 Å². The third-order valence-corrected chi connectivity index (χ3v) is 4.45. The Labute approximate surface area is 131 Å². The molecule has 22 heavy (non-hydrogen) atoms. The Hall–Kier alpha value is -1.66. The highest BCUT2D eigenvalue weighted by atomic mass is 16.7. The minimum absolute atomic E-state index is 0.388. The van der Waals surface area contributed by atoms with Crippen molar-refractivity contribution in [2.75, 3.05) is 6.61 Å². The molecular weight excluding hydrogens is 279 g/mol. The van der Waals surface area contributed by atoms with Crippen LogP contribution in [0.1, 0.15) is 34.6 Å². The smallest absolute Gasteiger partial charge is 0.494 e. The van der Waals surface area contributed by atoms with E-state index < -0.39 is 7.12 Å². The molecular formula is C16H21BN2O3. The van der Waals surface area contributed by atoms with Crippen molar-refractivity contribution >= 4 is 23.5 Å². The molecule has 0 radical (unpaired) electrons. The molecule has 1 aliphatic rings. The second-order valence-electron chi connectivity index (χ2n) is 6.49. The first-order chi connectivity index (χ1) is 10.3. The molecule has 1 aromatic carbocycles. The zero-order valence-corrected chi connectivity index (χ0v) is 13.7. The Balaban J connectivity index is 2.10. The van der Waals surface area contributed by atoms with Crippen LogP contribution < -0.4 is 10.2 Å². The van der Waals surface area contributed by atoms with Crippen LogP contribution in [0.5, 0.6) is 5.75 Å². The first kappa shape index (κ1) is 15.2. The van der Waals surface area contributed by atoms with Crippen LogP contribution in [0, 0.1) is 0 Å². The van der Waals surface area contributed by atoms with E-state index in [0.717, 1.165) is 22.1 Å². The summed E-state index contributed by atoms with van der Waals surface area (Å²) in [7, 11) is -0.459. The maximum absolute atomic E-state index is 6.16. The van der Waals surface area contributed by atoms with Crippen molar-refractivity contribution in [1.82, 2.24) is 9.97 Å². The summed E-state index contributed by atoms with van der Waals surface area (Å²) in [6, 6.07) is 3.87. The molecule has 2 heterocycles. The van der Waals surface area contributed by atoms with Crippen molar-refractivity contribution in [2.45, 2.75) is 45.8 Å². The number of aromatic nitrogens is 2. The van der Waals surface area contributed by atoms with Crippen LogP contribution in [0.2, 0.25) is 0 Å². The molecule has 6 heteroatoms. The summed E-state index contributed by atoms with van der Waals surface area (Å²) in [5, 5.41) is 0.921. The van der Waals surface area contributed by atoms with E-state index in [0.29, 0.717) is 6.61 Å². The Morgan fingerprint density at radius 1 is 1.14 bits per heavy atom. The molecule has 3 rings (SSSR count). The van der Waals surface area contributed by atoms with E-state index in [1.165, 1.54) is 6.33 Å². The van der Waals surface area contributed by atoms with E-state index in [4.69, 9.17) is 14.0 Å². The second kappa shape index (κ2) is 5.21. The number of ether oxygens (including phenoxy) is 1. The van der Waals surface area contributed by atoms with E-state index in [9.17, 15) is 0 Å². The normalized spacial score (nSPS) is 19.6. The molecule has 0 saturated carbocycles. The van der Waals surface area contributed by atoms with Crippen molar-refractivity contribution in [3.05, 3.63) is 24.7 Å². The molecule has 116 valence electrons. The Kier molecular flexibility index (Phi) is 3.61. The molecule has 1 aromatic heterocycles. The number of nitrogens with zero attached hydrogens (tertiary/aromatic N) is 2. The average Bonchev–Trinajstić information content (AvgIpc) is 2.67. The molecule has 0 bridgehead atoms. The summed E-state index contributed by atoms with van der Waals surface area (Å²) < 4.78 is 18.0. The third-order valence-electron chi connectivity index (χ3n) is 4.45. The SMILES string of the molecule is CCOc1cc(B2OC(C)(C)C(C)(C)O2)c2cncnc2c1. The summed E-state index contributed by atoms with van der Waals surface area (Å²) >= 11 is 0. The summed E-state index contributed by atoms with van der Waals surface area (Å²) in [6.07, 6.45) is 3.32. The molecule has 1 aliphatic heterocycles. The summed E-state index contributed by atoms with van der Waals surface area (Å²) in [5.41, 5.74) is 0.952. The predicted octanol–water partition coefficient (Wildman–Crippen LogP) is 2.33. The van der Waals surface area contributed by atoms with Crippen LogP contribution in [0.25, 0.3) is 10.9 Å². The fraction of sp³-hybridized carbons (Fsp3) is 0.500. The van der Waals surface area contributed by atoms with Crippen LogP contribution in [0.4, 0.5) is 0 Å². The average molecular weight is 300 g/mol. The lowest BCUT2D eigenvalue weighted by molar-refractivity contribution is 0.00578. The number of benzene rings is 1. The second-order valence-corrected chi connectivity index (χ2v) is 6.49. The Bertz CT molecular complexity index is 687. The quantitative estimate of drug-likeness (QED) is 0.814. The Morgan fingerprint density at radius 2 is 1.82 bits per heavy atom. The van der Waals surface area contributed by atoms with E-state index in [1.54, 1.807) is 6.20 Å². The molecule has 0 amide bonds. The lowest BCUT2D eigenvalue weighted by Crippen LogP contribution is -2.41. The van der Waals surface area contributed by atoms with Gasteiger partial charge in [-0.15, -0.1) is 0 Å².